The van der Waals surface area contributed by atoms with Crippen molar-refractivity contribution in [3.05, 3.63) is 59.2 Å². The number of sulfonamides is 1. The van der Waals surface area contributed by atoms with E-state index in [2.05, 4.69) is 5.32 Å². The number of anilines is 1. The number of hydrogen-bond donors (Lipinski definition) is 1. The summed E-state index contributed by atoms with van der Waals surface area (Å²) in [6.45, 7) is 7.51. The molecule has 0 saturated carbocycles. The molecule has 0 unspecified atom stereocenters. The van der Waals surface area contributed by atoms with Crippen molar-refractivity contribution < 1.29 is 22.7 Å². The van der Waals surface area contributed by atoms with E-state index in [0.29, 0.717) is 24.4 Å². The van der Waals surface area contributed by atoms with E-state index in [1.54, 1.807) is 25.3 Å². The van der Waals surface area contributed by atoms with Crippen LogP contribution < -0.4 is 14.4 Å². The van der Waals surface area contributed by atoms with Gasteiger partial charge in [0.15, 0.2) is 0 Å². The molecule has 186 valence electrons. The Labute approximate surface area is 202 Å². The molecule has 2 amide bonds. The summed E-state index contributed by atoms with van der Waals surface area (Å²) in [5.74, 6) is -0.117. The van der Waals surface area contributed by atoms with Gasteiger partial charge in [-0.2, -0.15) is 0 Å². The van der Waals surface area contributed by atoms with Gasteiger partial charge in [-0.25, -0.2) is 8.42 Å². The summed E-state index contributed by atoms with van der Waals surface area (Å²) in [4.78, 5) is 27.9. The molecule has 0 bridgehead atoms. The highest BCUT2D eigenvalue weighted by molar-refractivity contribution is 7.92. The maximum Gasteiger partial charge on any atom is 0.244 e. The number of carbonyl (C=O) groups is 2. The molecule has 0 aliphatic carbocycles. The highest BCUT2D eigenvalue weighted by Crippen LogP contribution is 2.25. The molecule has 0 aliphatic heterocycles. The Morgan fingerprint density at radius 2 is 1.79 bits per heavy atom. The van der Waals surface area contributed by atoms with Gasteiger partial charge < -0.3 is 15.0 Å². The molecule has 34 heavy (non-hydrogen) atoms. The van der Waals surface area contributed by atoms with Crippen LogP contribution in [0.5, 0.6) is 5.75 Å². The maximum atomic E-state index is 13.6. The molecule has 0 saturated heterocycles. The van der Waals surface area contributed by atoms with E-state index in [9.17, 15) is 18.0 Å². The first-order valence-corrected chi connectivity index (χ1v) is 13.1. The quantitative estimate of drug-likeness (QED) is 0.523. The molecule has 0 aliphatic rings. The lowest BCUT2D eigenvalue weighted by molar-refractivity contribution is -0.140. The van der Waals surface area contributed by atoms with E-state index < -0.39 is 28.5 Å². The molecule has 9 heteroatoms. The van der Waals surface area contributed by atoms with Gasteiger partial charge in [-0.1, -0.05) is 36.8 Å². The first kappa shape index (κ1) is 27.2. The van der Waals surface area contributed by atoms with E-state index in [-0.39, 0.29) is 12.5 Å². The average Bonchev–Trinajstić information content (AvgIpc) is 2.77. The summed E-state index contributed by atoms with van der Waals surface area (Å²) in [6, 6.07) is 11.9. The molecule has 1 atom stereocenters. The van der Waals surface area contributed by atoms with Crippen LogP contribution in [0.25, 0.3) is 0 Å². The number of ether oxygens (including phenoxy) is 1. The molecule has 0 aromatic heterocycles. The second kappa shape index (κ2) is 11.9. The zero-order valence-corrected chi connectivity index (χ0v) is 21.6. The van der Waals surface area contributed by atoms with Crippen LogP contribution >= 0.6 is 0 Å². The lowest BCUT2D eigenvalue weighted by atomic mass is 10.1. The number of carbonyl (C=O) groups excluding carboxylic acids is 2. The number of likely N-dealkylation sites (N-methyl/N-ethyl adjacent to an activating group) is 1. The number of nitrogens with zero attached hydrogens (tertiary/aromatic N) is 2. The number of methoxy groups -OCH3 is 1. The SMILES string of the molecule is CCNC(=O)[C@H](CC)N(Cc1cccc(OC)c1)C(=O)CN(c1ccc(C)cc1C)S(C)(=O)=O. The first-order chi connectivity index (χ1) is 16.0. The predicted molar refractivity (Wildman–Crippen MR) is 134 cm³/mol. The van der Waals surface area contributed by atoms with Crippen molar-refractivity contribution in [1.29, 1.82) is 0 Å². The van der Waals surface area contributed by atoms with Crippen LogP contribution in [-0.4, -0.2) is 57.6 Å². The number of benzene rings is 2. The third-order valence-electron chi connectivity index (χ3n) is 5.52. The van der Waals surface area contributed by atoms with Crippen LogP contribution in [0.4, 0.5) is 5.69 Å². The van der Waals surface area contributed by atoms with Gasteiger partial charge in [0.2, 0.25) is 21.8 Å². The second-order valence-electron chi connectivity index (χ2n) is 8.25. The summed E-state index contributed by atoms with van der Waals surface area (Å²) in [5, 5.41) is 2.78. The number of aryl methyl sites for hydroxylation is 2. The van der Waals surface area contributed by atoms with Crippen molar-refractivity contribution in [2.45, 2.75) is 46.7 Å². The molecule has 8 nitrogen and oxygen atoms in total. The van der Waals surface area contributed by atoms with Crippen LogP contribution in [0.15, 0.2) is 42.5 Å². The molecule has 2 aromatic rings. The minimum Gasteiger partial charge on any atom is -0.497 e. The van der Waals surface area contributed by atoms with Crippen molar-refractivity contribution in [3.63, 3.8) is 0 Å². The largest absolute Gasteiger partial charge is 0.497 e. The van der Waals surface area contributed by atoms with Crippen molar-refractivity contribution >= 4 is 27.5 Å². The van der Waals surface area contributed by atoms with E-state index in [4.69, 9.17) is 4.74 Å². The zero-order valence-electron chi connectivity index (χ0n) is 20.8. The van der Waals surface area contributed by atoms with Crippen LogP contribution in [0.3, 0.4) is 0 Å². The molecule has 2 aromatic carbocycles. The molecule has 0 fully saturated rings. The predicted octanol–water partition coefficient (Wildman–Crippen LogP) is 3.02. The summed E-state index contributed by atoms with van der Waals surface area (Å²) in [7, 11) is -2.21. The van der Waals surface area contributed by atoms with Crippen LogP contribution in [0.1, 0.15) is 37.0 Å². The van der Waals surface area contributed by atoms with Gasteiger partial charge in [-0.3, -0.25) is 13.9 Å². The summed E-state index contributed by atoms with van der Waals surface area (Å²) >= 11 is 0. The Hall–Kier alpha value is -3.07. The summed E-state index contributed by atoms with van der Waals surface area (Å²) < 4.78 is 31.8. The normalized spacial score (nSPS) is 12.1. The first-order valence-electron chi connectivity index (χ1n) is 11.3. The summed E-state index contributed by atoms with van der Waals surface area (Å²) in [6.07, 6.45) is 1.46. The molecule has 2 rings (SSSR count). The Kier molecular flexibility index (Phi) is 9.49. The van der Waals surface area contributed by atoms with Gasteiger partial charge in [-0.05, 0) is 56.5 Å². The lowest BCUT2D eigenvalue weighted by Gasteiger charge is -2.33. The van der Waals surface area contributed by atoms with Crippen LogP contribution in [-0.2, 0) is 26.2 Å². The van der Waals surface area contributed by atoms with Crippen molar-refractivity contribution in [2.75, 3.05) is 30.8 Å². The molecular weight excluding hydrogens is 454 g/mol. The average molecular weight is 490 g/mol. The summed E-state index contributed by atoms with van der Waals surface area (Å²) in [5.41, 5.74) is 2.94. The maximum absolute atomic E-state index is 13.6. The fourth-order valence-corrected chi connectivity index (χ4v) is 4.77. The van der Waals surface area contributed by atoms with Gasteiger partial charge in [0.25, 0.3) is 0 Å². The minimum atomic E-state index is -3.76. The molecular formula is C25H35N3O5S. The Morgan fingerprint density at radius 1 is 1.09 bits per heavy atom. The fourth-order valence-electron chi connectivity index (χ4n) is 3.86. The number of amides is 2. The number of rotatable bonds is 11. The lowest BCUT2D eigenvalue weighted by Crippen LogP contribution is -2.52. The van der Waals surface area contributed by atoms with Crippen molar-refractivity contribution in [1.82, 2.24) is 10.2 Å². The topological polar surface area (TPSA) is 96.0 Å². The van der Waals surface area contributed by atoms with Crippen molar-refractivity contribution in [3.8, 4) is 5.75 Å². The second-order valence-corrected chi connectivity index (χ2v) is 10.2. The highest BCUT2D eigenvalue weighted by atomic mass is 32.2. The van der Waals surface area contributed by atoms with Crippen molar-refractivity contribution in [2.24, 2.45) is 0 Å². The van der Waals surface area contributed by atoms with Gasteiger partial charge in [0, 0.05) is 13.1 Å². The van der Waals surface area contributed by atoms with E-state index in [1.165, 1.54) is 4.90 Å². The highest BCUT2D eigenvalue weighted by Gasteiger charge is 2.32. The van der Waals surface area contributed by atoms with E-state index in [0.717, 1.165) is 27.3 Å². The molecule has 0 spiro atoms. The van der Waals surface area contributed by atoms with E-state index >= 15 is 0 Å². The molecule has 1 N–H and O–H groups in total. The van der Waals surface area contributed by atoms with Gasteiger partial charge in [0.1, 0.15) is 18.3 Å². The monoisotopic (exact) mass is 489 g/mol. The van der Waals surface area contributed by atoms with Crippen LogP contribution in [0.2, 0.25) is 0 Å². The Morgan fingerprint density at radius 3 is 2.35 bits per heavy atom. The zero-order chi connectivity index (χ0) is 25.5. The Balaban J connectivity index is 2.47. The number of nitrogens with one attached hydrogen (secondary N) is 1. The standard InChI is InChI=1S/C25H35N3O5S/c1-7-22(25(30)26-8-2)27(16-20-10-9-11-21(15-20)33-5)24(29)17-28(34(6,31)32)23-13-12-18(3)14-19(23)4/h9-15,22H,7-8,16-17H2,1-6H3,(H,26,30)/t22-/m0/s1. The third-order valence-corrected chi connectivity index (χ3v) is 6.65. The van der Waals surface area contributed by atoms with Gasteiger partial charge in [-0.15, -0.1) is 0 Å². The van der Waals surface area contributed by atoms with Crippen LogP contribution in [0, 0.1) is 13.8 Å². The van der Waals surface area contributed by atoms with E-state index in [1.807, 2.05) is 52.0 Å². The minimum absolute atomic E-state index is 0.135. The number of hydrogen-bond acceptors (Lipinski definition) is 5. The van der Waals surface area contributed by atoms with Gasteiger partial charge >= 0.3 is 0 Å². The van der Waals surface area contributed by atoms with Gasteiger partial charge in [0.05, 0.1) is 19.1 Å². The molecule has 0 radical (unpaired) electrons. The fraction of sp³-hybridized carbons (Fsp3) is 0.440. The third kappa shape index (κ3) is 6.96. The Bertz CT molecular complexity index is 1120. The molecule has 0 heterocycles. The smallest absolute Gasteiger partial charge is 0.244 e.